The standard InChI is InChI=1S/C7H7O.3CHO.Mn/c8-6-5-7-3-1-2-4-7;3*1-2;/h1-4,7H,5H2;3*1H;. The van der Waals surface area contributed by atoms with E-state index in [4.69, 9.17) is 0 Å². The van der Waals surface area contributed by atoms with Crippen molar-refractivity contribution in [3.63, 3.8) is 0 Å². The molecule has 0 aliphatic heterocycles. The Morgan fingerprint density at radius 3 is 1.80 bits per heavy atom. The van der Waals surface area contributed by atoms with Crippen LogP contribution in [-0.4, -0.2) is 21.8 Å². The first-order chi connectivity index (χ1) is 7.28. The Morgan fingerprint density at radius 1 is 1.07 bits per heavy atom. The average Bonchev–Trinajstić information content (AvgIpc) is 2.75. The summed E-state index contributed by atoms with van der Waals surface area (Å²) in [5.74, 6) is 0.326. The van der Waals surface area contributed by atoms with E-state index in [1.54, 1.807) is 0 Å². The van der Waals surface area contributed by atoms with Crippen molar-refractivity contribution in [2.24, 2.45) is 5.92 Å². The minimum atomic E-state index is -1.92. The maximum atomic E-state index is 9.77. The Bertz CT molecular complexity index is 252. The molecule has 0 atom stereocenters. The van der Waals surface area contributed by atoms with Gasteiger partial charge >= 0.3 is 43.8 Å². The van der Waals surface area contributed by atoms with E-state index in [9.17, 15) is 19.2 Å². The van der Waals surface area contributed by atoms with Gasteiger partial charge in [0.2, 0.25) is 0 Å². The normalized spacial score (nSPS) is 13.7. The van der Waals surface area contributed by atoms with Crippen LogP contribution in [0.15, 0.2) is 24.3 Å². The van der Waals surface area contributed by atoms with Gasteiger partial charge in [0.25, 0.3) is 0 Å². The van der Waals surface area contributed by atoms with Gasteiger partial charge in [0, 0.05) is 12.3 Å². The van der Waals surface area contributed by atoms with E-state index in [-0.39, 0.29) is 0 Å². The zero-order chi connectivity index (χ0) is 11.5. The third kappa shape index (κ3) is 6.71. The zero-order valence-corrected chi connectivity index (χ0v) is 9.02. The van der Waals surface area contributed by atoms with Crippen LogP contribution < -0.4 is 0 Å². The van der Waals surface area contributed by atoms with Gasteiger partial charge in [-0.2, -0.15) is 0 Å². The van der Waals surface area contributed by atoms with Crippen LogP contribution in [0.3, 0.4) is 0 Å². The van der Waals surface area contributed by atoms with Crippen molar-refractivity contribution in [1.82, 2.24) is 0 Å². The van der Waals surface area contributed by atoms with Crippen LogP contribution in [0.1, 0.15) is 6.42 Å². The summed E-state index contributed by atoms with van der Waals surface area (Å²) in [6, 6.07) is 0. The Hall–Kier alpha value is -1.32. The fraction of sp³-hybridized carbons (Fsp3) is 0.200. The Kier molecular flexibility index (Phi) is 8.43. The molecular formula is C10H10MnO4. The number of hydrogen-bond donors (Lipinski definition) is 0. The number of rotatable bonds is 5. The molecule has 0 aromatic rings. The van der Waals surface area contributed by atoms with Gasteiger partial charge in [0.1, 0.15) is 0 Å². The van der Waals surface area contributed by atoms with Gasteiger partial charge in [0.05, 0.1) is 0 Å². The molecule has 0 bridgehead atoms. The summed E-state index contributed by atoms with van der Waals surface area (Å²) in [5, 5.41) is 1.19. The Labute approximate surface area is 91.9 Å². The maximum Gasteiger partial charge on any atom is 0.199 e. The minimum Gasteiger partial charge on any atom is -0.291 e. The summed E-state index contributed by atoms with van der Waals surface area (Å²) >= 11 is -1.92. The quantitative estimate of drug-likeness (QED) is 0.522. The van der Waals surface area contributed by atoms with Crippen molar-refractivity contribution in [1.29, 1.82) is 0 Å². The molecule has 0 spiro atoms. The van der Waals surface area contributed by atoms with Crippen molar-refractivity contribution in [3.05, 3.63) is 24.3 Å². The number of carbonyl (C=O) groups is 3. The van der Waals surface area contributed by atoms with E-state index in [0.717, 1.165) is 0 Å². The van der Waals surface area contributed by atoms with Crippen molar-refractivity contribution in [2.75, 3.05) is 0 Å². The van der Waals surface area contributed by atoms with Gasteiger partial charge in [-0.25, -0.2) is 0 Å². The van der Waals surface area contributed by atoms with Gasteiger partial charge < -0.3 is 0 Å². The molecule has 81 valence electrons. The van der Waals surface area contributed by atoms with Crippen LogP contribution in [0.5, 0.6) is 0 Å². The smallest absolute Gasteiger partial charge is 0.199 e. The van der Waals surface area contributed by atoms with E-state index in [0.29, 0.717) is 27.9 Å². The second-order valence-corrected chi connectivity index (χ2v) is 4.44. The monoisotopic (exact) mass is 249 g/mol. The van der Waals surface area contributed by atoms with Gasteiger partial charge in [0.15, 0.2) is 6.29 Å². The number of hydrogen-bond acceptors (Lipinski definition) is 4. The summed E-state index contributed by atoms with van der Waals surface area (Å²) in [5.41, 5.74) is 0. The fourth-order valence-electron chi connectivity index (χ4n) is 0.773. The van der Waals surface area contributed by atoms with Gasteiger partial charge in [-0.3, -0.25) is 4.79 Å². The zero-order valence-electron chi connectivity index (χ0n) is 7.84. The second-order valence-electron chi connectivity index (χ2n) is 2.43. The van der Waals surface area contributed by atoms with E-state index in [2.05, 4.69) is 0 Å². The van der Waals surface area contributed by atoms with E-state index < -0.39 is 13.9 Å². The predicted molar refractivity (Wildman–Crippen MR) is 52.3 cm³/mol. The first-order valence-electron chi connectivity index (χ1n) is 3.99. The molecule has 0 aromatic heterocycles. The molecule has 1 rings (SSSR count). The summed E-state index contributed by atoms with van der Waals surface area (Å²) in [6.07, 6.45) is 10.2. The summed E-state index contributed by atoms with van der Waals surface area (Å²) < 4.78 is 0. The van der Waals surface area contributed by atoms with Crippen LogP contribution in [-0.2, 0) is 33.1 Å². The van der Waals surface area contributed by atoms with Crippen LogP contribution in [0.2, 0.25) is 0 Å². The van der Waals surface area contributed by atoms with Crippen molar-refractivity contribution in [2.45, 2.75) is 6.42 Å². The molecule has 0 heterocycles. The van der Waals surface area contributed by atoms with Gasteiger partial charge in [-0.05, 0) is 0 Å². The third-order valence-corrected chi connectivity index (χ3v) is 2.42. The van der Waals surface area contributed by atoms with E-state index in [1.807, 2.05) is 30.6 Å². The van der Waals surface area contributed by atoms with Gasteiger partial charge in [-0.1, -0.05) is 24.3 Å². The van der Waals surface area contributed by atoms with Gasteiger partial charge in [-0.15, -0.1) is 0 Å². The number of carbonyl (C=O) groups excluding carboxylic acids is 4. The predicted octanol–water partition coefficient (Wildman–Crippen LogP) is 0.404. The molecule has 0 saturated heterocycles. The largest absolute Gasteiger partial charge is 0.291 e. The van der Waals surface area contributed by atoms with Crippen LogP contribution in [0.4, 0.5) is 0 Å². The number of allylic oxidation sites excluding steroid dienone is 4. The topological polar surface area (TPSA) is 68.3 Å². The summed E-state index contributed by atoms with van der Waals surface area (Å²) in [6.45, 7) is 0. The molecule has 0 aromatic carbocycles. The van der Waals surface area contributed by atoms with Crippen molar-refractivity contribution < 1.29 is 33.1 Å². The minimum absolute atomic E-state index is 0.326. The SMILES string of the molecule is O=[CH][Mn]([CH]=O)[CH]=O.O=[C]CC1C=CC=C1. The first-order valence-corrected chi connectivity index (χ1v) is 6.04. The van der Waals surface area contributed by atoms with Crippen LogP contribution in [0, 0.1) is 5.92 Å². The summed E-state index contributed by atoms with van der Waals surface area (Å²) in [4.78, 5) is 38.4. The average molecular weight is 249 g/mol. The van der Waals surface area contributed by atoms with E-state index >= 15 is 0 Å². The third-order valence-electron chi connectivity index (χ3n) is 1.46. The molecule has 0 saturated carbocycles. The molecule has 1 radical (unpaired) electrons. The first kappa shape index (κ1) is 13.7. The molecule has 5 heteroatoms. The van der Waals surface area contributed by atoms with Crippen molar-refractivity contribution in [3.8, 4) is 0 Å². The molecule has 1 aliphatic rings. The van der Waals surface area contributed by atoms with Crippen molar-refractivity contribution >= 4 is 21.8 Å². The molecular weight excluding hydrogens is 239 g/mol. The molecule has 0 amide bonds. The molecule has 15 heavy (non-hydrogen) atoms. The molecule has 0 N–H and O–H groups in total. The molecule has 4 nitrogen and oxygen atoms in total. The maximum absolute atomic E-state index is 9.77. The Morgan fingerprint density at radius 2 is 1.53 bits per heavy atom. The summed E-state index contributed by atoms with van der Waals surface area (Å²) in [7, 11) is 0. The van der Waals surface area contributed by atoms with Crippen LogP contribution in [0.25, 0.3) is 0 Å². The molecule has 1 aliphatic carbocycles. The molecule has 0 unspecified atom stereocenters. The molecule has 0 fully saturated rings. The van der Waals surface area contributed by atoms with Crippen LogP contribution >= 0.6 is 0 Å². The fourth-order valence-corrected chi connectivity index (χ4v) is 0.970. The van der Waals surface area contributed by atoms with E-state index in [1.165, 1.54) is 0 Å². The second kappa shape index (κ2) is 9.24. The Balaban J connectivity index is 0.000000265.